The van der Waals surface area contributed by atoms with Gasteiger partial charge in [-0.05, 0) is 0 Å². The maximum absolute atomic E-state index is 6.10. The van der Waals surface area contributed by atoms with Crippen LogP contribution in [0.1, 0.15) is 49.9 Å². The summed E-state index contributed by atoms with van der Waals surface area (Å²) in [5.41, 5.74) is 4.06. The van der Waals surface area contributed by atoms with Crippen LogP contribution in [0, 0.1) is 0 Å². The van der Waals surface area contributed by atoms with Crippen LogP contribution in [-0.2, 0) is 6.42 Å². The van der Waals surface area contributed by atoms with Crippen LogP contribution in [0.25, 0.3) is 21.1 Å². The van der Waals surface area contributed by atoms with Gasteiger partial charge in [0, 0.05) is 0 Å². The van der Waals surface area contributed by atoms with E-state index in [1.54, 1.807) is 4.44 Å². The Morgan fingerprint density at radius 1 is 0.769 bits per heavy atom. The number of hydrogen-bond acceptors (Lipinski definition) is 0. The fourth-order valence-electron chi connectivity index (χ4n) is 3.29. The Bertz CT molecular complexity index is 787. The summed E-state index contributed by atoms with van der Waals surface area (Å²) < 4.78 is 3.14. The quantitative estimate of drug-likeness (QED) is 0.242. The number of hydrogen-bond donors (Lipinski definition) is 0. The average molecular weight is 430 g/mol. The SMILES string of the molecule is CCCCCCCCc1cc(-c2ccccc2)c(-c2ccc(Cl)cc2)[se]1. The van der Waals surface area contributed by atoms with Crippen LogP contribution in [0.4, 0.5) is 0 Å². The Morgan fingerprint density at radius 2 is 1.46 bits per heavy atom. The second-order valence-electron chi connectivity index (χ2n) is 6.85. The van der Waals surface area contributed by atoms with Crippen LogP contribution in [0.15, 0.2) is 60.7 Å². The number of rotatable bonds is 9. The van der Waals surface area contributed by atoms with Crippen LogP contribution in [0.3, 0.4) is 0 Å². The minimum absolute atomic E-state index is 0.419. The molecule has 0 amide bonds. The predicted octanol–water partition coefficient (Wildman–Crippen LogP) is 7.63. The van der Waals surface area contributed by atoms with Gasteiger partial charge >= 0.3 is 169 Å². The zero-order chi connectivity index (χ0) is 18.2. The molecule has 0 N–H and O–H groups in total. The summed E-state index contributed by atoms with van der Waals surface area (Å²) in [5.74, 6) is 0. The zero-order valence-corrected chi connectivity index (χ0v) is 18.0. The van der Waals surface area contributed by atoms with E-state index in [1.165, 1.54) is 66.1 Å². The first-order chi connectivity index (χ1) is 12.8. The summed E-state index contributed by atoms with van der Waals surface area (Å²) in [7, 11) is 0. The summed E-state index contributed by atoms with van der Waals surface area (Å²) in [6.45, 7) is 2.28. The first kappa shape index (κ1) is 19.5. The fourth-order valence-corrected chi connectivity index (χ4v) is 5.99. The summed E-state index contributed by atoms with van der Waals surface area (Å²) in [6, 6.07) is 21.6. The van der Waals surface area contributed by atoms with E-state index in [9.17, 15) is 0 Å². The van der Waals surface area contributed by atoms with Crippen molar-refractivity contribution in [3.63, 3.8) is 0 Å². The normalized spacial score (nSPS) is 11.0. The number of halogens is 1. The van der Waals surface area contributed by atoms with Gasteiger partial charge in [-0.25, -0.2) is 0 Å². The van der Waals surface area contributed by atoms with Crippen molar-refractivity contribution in [2.45, 2.75) is 51.9 Å². The maximum atomic E-state index is 6.10. The van der Waals surface area contributed by atoms with E-state index < -0.39 is 0 Å². The second kappa shape index (κ2) is 10.2. The van der Waals surface area contributed by atoms with Crippen LogP contribution < -0.4 is 0 Å². The zero-order valence-electron chi connectivity index (χ0n) is 15.5. The molecular formula is C24H27ClSe. The Balaban J connectivity index is 1.78. The molecule has 0 aliphatic carbocycles. The van der Waals surface area contributed by atoms with Gasteiger partial charge in [-0.1, -0.05) is 0 Å². The van der Waals surface area contributed by atoms with Crippen molar-refractivity contribution in [2.24, 2.45) is 0 Å². The van der Waals surface area contributed by atoms with Gasteiger partial charge in [0.05, 0.1) is 0 Å². The van der Waals surface area contributed by atoms with E-state index in [1.807, 2.05) is 12.1 Å². The summed E-state index contributed by atoms with van der Waals surface area (Å²) in [4.78, 5) is 0. The van der Waals surface area contributed by atoms with Gasteiger partial charge in [-0.3, -0.25) is 0 Å². The van der Waals surface area contributed by atoms with Crippen molar-refractivity contribution in [1.82, 2.24) is 0 Å². The minimum atomic E-state index is 0.419. The van der Waals surface area contributed by atoms with Crippen LogP contribution in [-0.4, -0.2) is 14.5 Å². The van der Waals surface area contributed by atoms with Gasteiger partial charge in [-0.15, -0.1) is 0 Å². The van der Waals surface area contributed by atoms with E-state index in [0.29, 0.717) is 14.5 Å². The number of unbranched alkanes of at least 4 members (excludes halogenated alkanes) is 5. The first-order valence-electron chi connectivity index (χ1n) is 9.72. The Morgan fingerprint density at radius 3 is 2.19 bits per heavy atom. The molecule has 1 aromatic heterocycles. The van der Waals surface area contributed by atoms with Gasteiger partial charge in [0.1, 0.15) is 0 Å². The molecule has 26 heavy (non-hydrogen) atoms. The molecule has 0 saturated heterocycles. The molecule has 0 aliphatic heterocycles. The van der Waals surface area contributed by atoms with Gasteiger partial charge in [0.25, 0.3) is 0 Å². The summed E-state index contributed by atoms with van der Waals surface area (Å²) in [6.07, 6.45) is 9.43. The van der Waals surface area contributed by atoms with Crippen molar-refractivity contribution in [3.05, 3.63) is 70.1 Å². The van der Waals surface area contributed by atoms with Crippen molar-refractivity contribution in [3.8, 4) is 21.1 Å². The molecule has 3 rings (SSSR count). The molecule has 0 atom stereocenters. The molecule has 1 heterocycles. The molecule has 0 nitrogen and oxygen atoms in total. The monoisotopic (exact) mass is 430 g/mol. The molecular weight excluding hydrogens is 403 g/mol. The van der Waals surface area contributed by atoms with Crippen LogP contribution in [0.2, 0.25) is 5.02 Å². The third kappa shape index (κ3) is 5.36. The first-order valence-corrected chi connectivity index (χ1v) is 11.8. The average Bonchev–Trinajstić information content (AvgIpc) is 3.10. The topological polar surface area (TPSA) is 0 Å². The molecule has 2 aromatic carbocycles. The predicted molar refractivity (Wildman–Crippen MR) is 116 cm³/mol. The van der Waals surface area contributed by atoms with Crippen LogP contribution >= 0.6 is 11.6 Å². The molecule has 0 unspecified atom stereocenters. The van der Waals surface area contributed by atoms with Crippen molar-refractivity contribution < 1.29 is 0 Å². The molecule has 3 aromatic rings. The molecule has 0 bridgehead atoms. The van der Waals surface area contributed by atoms with Crippen molar-refractivity contribution in [1.29, 1.82) is 0 Å². The van der Waals surface area contributed by atoms with Crippen LogP contribution in [0.5, 0.6) is 0 Å². The molecule has 136 valence electrons. The third-order valence-corrected chi connectivity index (χ3v) is 7.61. The van der Waals surface area contributed by atoms with Gasteiger partial charge < -0.3 is 0 Å². The molecule has 0 fully saturated rings. The van der Waals surface area contributed by atoms with Crippen molar-refractivity contribution in [2.75, 3.05) is 0 Å². The Labute approximate surface area is 169 Å². The molecule has 0 spiro atoms. The Hall–Kier alpha value is -1.27. The number of aryl methyl sites for hydroxylation is 1. The second-order valence-corrected chi connectivity index (χ2v) is 9.67. The summed E-state index contributed by atoms with van der Waals surface area (Å²) in [5, 5.41) is 0.807. The van der Waals surface area contributed by atoms with Gasteiger partial charge in [-0.2, -0.15) is 0 Å². The molecule has 0 radical (unpaired) electrons. The molecule has 2 heteroatoms. The summed E-state index contributed by atoms with van der Waals surface area (Å²) >= 11 is 6.52. The van der Waals surface area contributed by atoms with Gasteiger partial charge in [0.15, 0.2) is 0 Å². The molecule has 0 aliphatic rings. The van der Waals surface area contributed by atoms with E-state index >= 15 is 0 Å². The van der Waals surface area contributed by atoms with E-state index in [2.05, 4.69) is 55.5 Å². The molecule has 0 saturated carbocycles. The van der Waals surface area contributed by atoms with Gasteiger partial charge in [0.2, 0.25) is 0 Å². The van der Waals surface area contributed by atoms with E-state index in [-0.39, 0.29) is 0 Å². The Kier molecular flexibility index (Phi) is 7.62. The fraction of sp³-hybridized carbons (Fsp3) is 0.333. The third-order valence-electron chi connectivity index (χ3n) is 4.75. The van der Waals surface area contributed by atoms with E-state index in [4.69, 9.17) is 11.6 Å². The standard InChI is InChI=1S/C24H27ClSe/c1-2-3-4-5-6-10-13-22-18-23(19-11-8-7-9-12-19)24(26-22)20-14-16-21(25)17-15-20/h7-9,11-12,14-18H,2-6,10,13H2,1H3. The number of benzene rings is 2. The van der Waals surface area contributed by atoms with E-state index in [0.717, 1.165) is 5.02 Å². The van der Waals surface area contributed by atoms with Crippen molar-refractivity contribution >= 4 is 26.1 Å².